The minimum atomic E-state index is -1.44. The van der Waals surface area contributed by atoms with Crippen LogP contribution in [0.2, 0.25) is 0 Å². The van der Waals surface area contributed by atoms with Crippen LogP contribution in [0.5, 0.6) is 0 Å². The molecule has 0 fully saturated rings. The van der Waals surface area contributed by atoms with E-state index in [9.17, 15) is 14.7 Å². The predicted molar refractivity (Wildman–Crippen MR) is 99.8 cm³/mol. The summed E-state index contributed by atoms with van der Waals surface area (Å²) in [6.07, 6.45) is 1.81. The van der Waals surface area contributed by atoms with Gasteiger partial charge in [0.25, 0.3) is 0 Å². The molecule has 0 amide bonds. The van der Waals surface area contributed by atoms with Gasteiger partial charge in [-0.05, 0) is 24.3 Å². The van der Waals surface area contributed by atoms with Gasteiger partial charge in [0, 0.05) is 23.2 Å². The van der Waals surface area contributed by atoms with Gasteiger partial charge in [-0.1, -0.05) is 39.0 Å². The Balaban J connectivity index is 2.15. The molecule has 0 saturated carbocycles. The summed E-state index contributed by atoms with van der Waals surface area (Å²) in [7, 11) is 0. The largest absolute Gasteiger partial charge is 0.477 e. The molecular weight excluding hydrogens is 349 g/mol. The molecule has 0 spiro atoms. The smallest absolute Gasteiger partial charge is 0.341 e. The van der Waals surface area contributed by atoms with Crippen molar-refractivity contribution in [3.63, 3.8) is 0 Å². The van der Waals surface area contributed by atoms with Crippen molar-refractivity contribution in [1.82, 2.24) is 4.57 Å². The number of furan rings is 1. The lowest BCUT2D eigenvalue weighted by atomic mass is 9.79. The number of aromatic carboxylic acids is 1. The maximum absolute atomic E-state index is 15.1. The Labute approximate surface area is 155 Å². The number of nitrogens with zero attached hydrogens (tertiary/aromatic N) is 1. The third-order valence-electron chi connectivity index (χ3n) is 5.37. The summed E-state index contributed by atoms with van der Waals surface area (Å²) in [4.78, 5) is 23.8. The fraction of sp³-hybridized carbons (Fsp3) is 0.333. The van der Waals surface area contributed by atoms with Gasteiger partial charge in [0.15, 0.2) is 11.6 Å². The zero-order valence-corrected chi connectivity index (χ0v) is 15.6. The van der Waals surface area contributed by atoms with Gasteiger partial charge in [0.05, 0.1) is 0 Å². The zero-order valence-electron chi connectivity index (χ0n) is 15.6. The van der Waals surface area contributed by atoms with E-state index in [2.05, 4.69) is 0 Å². The van der Waals surface area contributed by atoms with E-state index in [4.69, 9.17) is 4.42 Å². The van der Waals surface area contributed by atoms with Gasteiger partial charge in [-0.2, -0.15) is 0 Å². The van der Waals surface area contributed by atoms with Crippen LogP contribution >= 0.6 is 0 Å². The number of halogens is 1. The van der Waals surface area contributed by atoms with Crippen LogP contribution in [0.4, 0.5) is 4.39 Å². The molecule has 1 aromatic carbocycles. The van der Waals surface area contributed by atoms with Gasteiger partial charge >= 0.3 is 5.97 Å². The maximum atomic E-state index is 15.1. The first-order chi connectivity index (χ1) is 12.6. The first-order valence-corrected chi connectivity index (χ1v) is 8.80. The Bertz CT molecular complexity index is 1160. The molecule has 1 N–H and O–H groups in total. The Hall–Kier alpha value is -2.89. The van der Waals surface area contributed by atoms with Crippen LogP contribution in [0.25, 0.3) is 22.4 Å². The fourth-order valence-electron chi connectivity index (χ4n) is 3.94. The van der Waals surface area contributed by atoms with Crippen LogP contribution in [-0.2, 0) is 6.42 Å². The van der Waals surface area contributed by atoms with Crippen molar-refractivity contribution in [3.05, 3.63) is 57.1 Å². The number of rotatable bonds is 1. The number of fused-ring (bicyclic) bond motifs is 5. The molecule has 1 aliphatic rings. The van der Waals surface area contributed by atoms with Gasteiger partial charge < -0.3 is 14.1 Å². The SMILES string of the molecule is Cc1cccc2c3c(oc12)-c1c(F)c(=O)c(C(=O)O)cn1[C@H](C(C)(C)C)C3. The summed E-state index contributed by atoms with van der Waals surface area (Å²) in [6, 6.07) is 5.54. The van der Waals surface area contributed by atoms with Crippen LogP contribution in [0.1, 0.15) is 48.3 Å². The standard InChI is InChI=1S/C21H20FNO4/c1-10-6-5-7-11-12-8-14(21(2,3)4)23-9-13(20(25)26)17(24)15(22)16(23)19(12)27-18(10)11/h5-7,9,14H,8H2,1-4H3,(H,25,26)/t14-/m0/s1. The Morgan fingerprint density at radius 2 is 2.04 bits per heavy atom. The fourth-order valence-corrected chi connectivity index (χ4v) is 3.94. The number of benzene rings is 1. The van der Waals surface area contributed by atoms with Crippen LogP contribution in [0.3, 0.4) is 0 Å². The zero-order chi connectivity index (χ0) is 19.7. The molecule has 0 aliphatic carbocycles. The minimum Gasteiger partial charge on any atom is -0.477 e. The lowest BCUT2D eigenvalue weighted by Gasteiger charge is -2.37. The van der Waals surface area contributed by atoms with Gasteiger partial charge in [-0.25, -0.2) is 9.18 Å². The molecule has 6 heteroatoms. The number of hydrogen-bond donors (Lipinski definition) is 1. The van der Waals surface area contributed by atoms with Crippen molar-refractivity contribution in [3.8, 4) is 11.5 Å². The summed E-state index contributed by atoms with van der Waals surface area (Å²) < 4.78 is 22.7. The molecule has 1 atom stereocenters. The van der Waals surface area contributed by atoms with Crippen LogP contribution in [0.15, 0.2) is 33.6 Å². The molecule has 0 unspecified atom stereocenters. The highest BCUT2D eigenvalue weighted by atomic mass is 19.1. The third kappa shape index (κ3) is 2.43. The first kappa shape index (κ1) is 17.5. The van der Waals surface area contributed by atoms with Gasteiger partial charge in [0.2, 0.25) is 5.43 Å². The van der Waals surface area contributed by atoms with E-state index < -0.39 is 22.8 Å². The molecule has 27 heavy (non-hydrogen) atoms. The average Bonchev–Trinajstić information content (AvgIpc) is 2.95. The lowest BCUT2D eigenvalue weighted by Crippen LogP contribution is -2.34. The topological polar surface area (TPSA) is 72.4 Å². The van der Waals surface area contributed by atoms with Crippen LogP contribution in [-0.4, -0.2) is 15.6 Å². The Morgan fingerprint density at radius 3 is 2.67 bits per heavy atom. The molecule has 0 radical (unpaired) electrons. The molecule has 3 aromatic rings. The van der Waals surface area contributed by atoms with E-state index in [1.54, 1.807) is 4.57 Å². The van der Waals surface area contributed by atoms with Crippen molar-refractivity contribution in [2.45, 2.75) is 40.2 Å². The number of pyridine rings is 1. The molecule has 4 rings (SSSR count). The summed E-state index contributed by atoms with van der Waals surface area (Å²) >= 11 is 0. The quantitative estimate of drug-likeness (QED) is 0.683. The van der Waals surface area contributed by atoms with Crippen molar-refractivity contribution < 1.29 is 18.7 Å². The number of carbonyl (C=O) groups is 1. The number of carboxylic acid groups (broad SMARTS) is 1. The highest BCUT2D eigenvalue weighted by Crippen LogP contribution is 2.47. The molecule has 0 saturated heterocycles. The molecule has 1 aliphatic heterocycles. The highest BCUT2D eigenvalue weighted by molar-refractivity contribution is 5.91. The number of para-hydroxylation sites is 1. The summed E-state index contributed by atoms with van der Waals surface area (Å²) in [5.41, 5.74) is 0.491. The number of aryl methyl sites for hydroxylation is 1. The van der Waals surface area contributed by atoms with Crippen molar-refractivity contribution in [2.24, 2.45) is 5.41 Å². The van der Waals surface area contributed by atoms with Crippen molar-refractivity contribution >= 4 is 16.9 Å². The van der Waals surface area contributed by atoms with Crippen molar-refractivity contribution in [1.29, 1.82) is 0 Å². The molecular formula is C21H20FNO4. The minimum absolute atomic E-state index is 0.0294. The summed E-state index contributed by atoms with van der Waals surface area (Å²) in [5.74, 6) is -2.21. The molecule has 0 bridgehead atoms. The first-order valence-electron chi connectivity index (χ1n) is 8.80. The van der Waals surface area contributed by atoms with Gasteiger partial charge in [-0.15, -0.1) is 0 Å². The third-order valence-corrected chi connectivity index (χ3v) is 5.37. The van der Waals surface area contributed by atoms with Crippen LogP contribution < -0.4 is 5.43 Å². The molecule has 140 valence electrons. The number of carboxylic acids is 1. The van der Waals surface area contributed by atoms with E-state index in [-0.39, 0.29) is 17.2 Å². The normalized spacial score (nSPS) is 16.3. The van der Waals surface area contributed by atoms with E-state index in [0.29, 0.717) is 17.8 Å². The lowest BCUT2D eigenvalue weighted by molar-refractivity contribution is 0.0692. The second kappa shape index (κ2) is 5.55. The Kier molecular flexibility index (Phi) is 3.60. The van der Waals surface area contributed by atoms with E-state index in [1.807, 2.05) is 45.9 Å². The summed E-state index contributed by atoms with van der Waals surface area (Å²) in [5, 5.41) is 10.2. The summed E-state index contributed by atoms with van der Waals surface area (Å²) in [6.45, 7) is 7.94. The van der Waals surface area contributed by atoms with Gasteiger partial charge in [0.1, 0.15) is 16.8 Å². The predicted octanol–water partition coefficient (Wildman–Crippen LogP) is 4.55. The molecule has 2 aromatic heterocycles. The van der Waals surface area contributed by atoms with Crippen molar-refractivity contribution in [2.75, 3.05) is 0 Å². The van der Waals surface area contributed by atoms with E-state index >= 15 is 4.39 Å². The Morgan fingerprint density at radius 1 is 1.33 bits per heavy atom. The van der Waals surface area contributed by atoms with Gasteiger partial charge in [-0.3, -0.25) is 4.79 Å². The monoisotopic (exact) mass is 369 g/mol. The molecule has 3 heterocycles. The second-order valence-electron chi connectivity index (χ2n) is 8.19. The molecule has 5 nitrogen and oxygen atoms in total. The van der Waals surface area contributed by atoms with E-state index in [1.165, 1.54) is 6.20 Å². The highest BCUT2D eigenvalue weighted by Gasteiger charge is 2.38. The van der Waals surface area contributed by atoms with E-state index in [0.717, 1.165) is 16.5 Å². The average molecular weight is 369 g/mol. The number of aromatic nitrogens is 1. The van der Waals surface area contributed by atoms with Crippen LogP contribution in [0, 0.1) is 18.2 Å². The maximum Gasteiger partial charge on any atom is 0.341 e. The second-order valence-corrected chi connectivity index (χ2v) is 8.19. The number of hydrogen-bond acceptors (Lipinski definition) is 3.